The van der Waals surface area contributed by atoms with Crippen LogP contribution < -0.4 is 5.32 Å². The summed E-state index contributed by atoms with van der Waals surface area (Å²) in [4.78, 5) is 52.7. The lowest BCUT2D eigenvalue weighted by Gasteiger charge is -2.20. The molecule has 1 fully saturated rings. The molecule has 1 rings (SSSR count). The largest absolute Gasteiger partial charge is 0.469 e. The molecule has 0 bridgehead atoms. The summed E-state index contributed by atoms with van der Waals surface area (Å²) < 4.78 is 9.43. The van der Waals surface area contributed by atoms with Gasteiger partial charge in [-0.05, 0) is 40.5 Å². The molecule has 0 radical (unpaired) electrons. The molecule has 0 spiro atoms. The Morgan fingerprint density at radius 3 is 1.11 bits per heavy atom. The van der Waals surface area contributed by atoms with Gasteiger partial charge in [-0.3, -0.25) is 24.0 Å². The molecular formula is C30H59NO7. The number of hydrogen-bond acceptors (Lipinski definition) is 7. The van der Waals surface area contributed by atoms with E-state index in [2.05, 4.69) is 10.1 Å². The number of nitrogens with one attached hydrogen (secondary N) is 1. The number of methoxy groups -OCH3 is 1. The first-order valence-corrected chi connectivity index (χ1v) is 13.6. The molecule has 0 aromatic carbocycles. The summed E-state index contributed by atoms with van der Waals surface area (Å²) >= 11 is 0. The van der Waals surface area contributed by atoms with Gasteiger partial charge in [0.15, 0.2) is 0 Å². The number of Topliss-reactive ketones (excluding diaryl/α,β-unsaturated/α-hetero) is 2. The standard InChI is InChI=1S/C8H16O2.C7H12O.C5H11NO.C5H10O2.C5H10O/c1-6(2)7(9)10-8(3,4)5;1-5(2)7(8)6-3-4-6;1-4(2)5(7)6-3;1-4(2)5(6)7-3;1-4(2)5(3)6/h6H,1-5H3;5-6H,3-4H2,1-2H3;4H,1-3H3,(H,6,7);4H,1-3H3;4H,1-3H3. The lowest BCUT2D eigenvalue weighted by Crippen LogP contribution is -2.26. The van der Waals surface area contributed by atoms with Gasteiger partial charge in [0.1, 0.15) is 17.2 Å². The fourth-order valence-corrected chi connectivity index (χ4v) is 1.78. The second-order valence-electron chi connectivity index (χ2n) is 11.7. The number of hydrogen-bond donors (Lipinski definition) is 1. The maximum atomic E-state index is 10.9. The van der Waals surface area contributed by atoms with Crippen molar-refractivity contribution in [3.8, 4) is 0 Å². The van der Waals surface area contributed by atoms with Crippen LogP contribution in [0.4, 0.5) is 0 Å². The van der Waals surface area contributed by atoms with Crippen LogP contribution in [0.15, 0.2) is 0 Å². The van der Waals surface area contributed by atoms with Gasteiger partial charge >= 0.3 is 11.9 Å². The first kappa shape index (κ1) is 42.8. The molecule has 1 aliphatic carbocycles. The van der Waals surface area contributed by atoms with Crippen LogP contribution in [0.25, 0.3) is 0 Å². The summed E-state index contributed by atoms with van der Waals surface area (Å²) in [5.41, 5.74) is -0.346. The van der Waals surface area contributed by atoms with Crippen molar-refractivity contribution in [1.29, 1.82) is 0 Å². The van der Waals surface area contributed by atoms with Crippen molar-refractivity contribution in [3.05, 3.63) is 0 Å². The maximum absolute atomic E-state index is 10.9. The molecule has 1 aliphatic rings. The quantitative estimate of drug-likeness (QED) is 0.404. The number of carbonyl (C=O) groups excluding carboxylic acids is 5. The smallest absolute Gasteiger partial charge is 0.308 e. The topological polar surface area (TPSA) is 116 Å². The van der Waals surface area contributed by atoms with Crippen LogP contribution in [0.3, 0.4) is 0 Å². The Bertz CT molecular complexity index is 659. The van der Waals surface area contributed by atoms with Crippen LogP contribution in [-0.2, 0) is 33.4 Å². The van der Waals surface area contributed by atoms with Crippen LogP contribution in [0.1, 0.15) is 110 Å². The van der Waals surface area contributed by atoms with Crippen molar-refractivity contribution < 1.29 is 33.4 Å². The van der Waals surface area contributed by atoms with E-state index >= 15 is 0 Å². The second kappa shape index (κ2) is 22.7. The van der Waals surface area contributed by atoms with Crippen LogP contribution >= 0.6 is 0 Å². The second-order valence-corrected chi connectivity index (χ2v) is 11.7. The van der Waals surface area contributed by atoms with E-state index in [1.165, 1.54) is 7.11 Å². The molecule has 0 heterocycles. The minimum absolute atomic E-state index is 0.00463. The van der Waals surface area contributed by atoms with Gasteiger partial charge in [0.25, 0.3) is 0 Å². The summed E-state index contributed by atoms with van der Waals surface area (Å²) in [6, 6.07) is 0. The molecule has 1 amide bonds. The summed E-state index contributed by atoms with van der Waals surface area (Å²) in [7, 11) is 3.03. The summed E-state index contributed by atoms with van der Waals surface area (Å²) in [5, 5.41) is 2.53. The number of carbonyl (C=O) groups is 5. The van der Waals surface area contributed by atoms with E-state index in [4.69, 9.17) is 4.74 Å². The number of esters is 2. The highest BCUT2D eigenvalue weighted by Gasteiger charge is 2.30. The van der Waals surface area contributed by atoms with Gasteiger partial charge in [-0.15, -0.1) is 0 Å². The first-order chi connectivity index (χ1) is 17.0. The molecule has 8 nitrogen and oxygen atoms in total. The summed E-state index contributed by atoms with van der Waals surface area (Å²) in [6.07, 6.45) is 2.30. The lowest BCUT2D eigenvalue weighted by molar-refractivity contribution is -0.158. The highest BCUT2D eigenvalue weighted by molar-refractivity contribution is 5.84. The Hall–Kier alpha value is -2.25. The van der Waals surface area contributed by atoms with Crippen molar-refractivity contribution >= 4 is 29.4 Å². The highest BCUT2D eigenvalue weighted by atomic mass is 16.6. The fourth-order valence-electron chi connectivity index (χ4n) is 1.78. The van der Waals surface area contributed by atoms with Gasteiger partial charge in [0.2, 0.25) is 5.91 Å². The van der Waals surface area contributed by atoms with Crippen molar-refractivity contribution in [2.24, 2.45) is 35.5 Å². The molecule has 8 heteroatoms. The van der Waals surface area contributed by atoms with Crippen LogP contribution in [-0.4, -0.2) is 49.2 Å². The number of amides is 1. The zero-order valence-corrected chi connectivity index (χ0v) is 27.2. The van der Waals surface area contributed by atoms with Gasteiger partial charge < -0.3 is 14.8 Å². The third-order valence-corrected chi connectivity index (χ3v) is 4.68. The zero-order chi connectivity index (χ0) is 31.4. The highest BCUT2D eigenvalue weighted by Crippen LogP contribution is 2.32. The Morgan fingerprint density at radius 1 is 0.684 bits per heavy atom. The minimum atomic E-state index is -0.346. The van der Waals surface area contributed by atoms with Crippen molar-refractivity contribution in [3.63, 3.8) is 0 Å². The molecule has 1 N–H and O–H groups in total. The van der Waals surface area contributed by atoms with E-state index in [9.17, 15) is 24.0 Å². The monoisotopic (exact) mass is 545 g/mol. The average Bonchev–Trinajstić information content (AvgIpc) is 3.63. The number of ether oxygens (including phenoxy) is 2. The predicted octanol–water partition coefficient (Wildman–Crippen LogP) is 6.04. The van der Waals surface area contributed by atoms with Crippen LogP contribution in [0.5, 0.6) is 0 Å². The molecule has 0 aromatic rings. The van der Waals surface area contributed by atoms with E-state index in [1.807, 2.05) is 76.2 Å². The van der Waals surface area contributed by atoms with Gasteiger partial charge in [0.05, 0.1) is 18.9 Å². The van der Waals surface area contributed by atoms with Gasteiger partial charge in [-0.2, -0.15) is 0 Å². The van der Waals surface area contributed by atoms with Crippen LogP contribution in [0, 0.1) is 35.5 Å². The molecule has 226 valence electrons. The molecule has 1 saturated carbocycles. The van der Waals surface area contributed by atoms with Gasteiger partial charge in [-0.1, -0.05) is 69.2 Å². The van der Waals surface area contributed by atoms with Gasteiger partial charge in [0, 0.05) is 30.7 Å². The molecular weight excluding hydrogens is 486 g/mol. The first-order valence-electron chi connectivity index (χ1n) is 13.6. The third-order valence-electron chi connectivity index (χ3n) is 4.68. The van der Waals surface area contributed by atoms with E-state index in [0.29, 0.717) is 11.7 Å². The number of rotatable bonds is 6. The lowest BCUT2D eigenvalue weighted by atomic mass is 10.1. The zero-order valence-electron chi connectivity index (χ0n) is 27.2. The summed E-state index contributed by atoms with van der Waals surface area (Å²) in [5.74, 6) is 1.56. The van der Waals surface area contributed by atoms with E-state index in [1.54, 1.807) is 27.8 Å². The minimum Gasteiger partial charge on any atom is -0.469 e. The Kier molecular flexibility index (Phi) is 25.6. The molecule has 38 heavy (non-hydrogen) atoms. The molecule has 0 saturated heterocycles. The Morgan fingerprint density at radius 2 is 1.05 bits per heavy atom. The predicted molar refractivity (Wildman–Crippen MR) is 155 cm³/mol. The van der Waals surface area contributed by atoms with Crippen molar-refractivity contribution in [2.75, 3.05) is 14.2 Å². The molecule has 0 aromatic heterocycles. The van der Waals surface area contributed by atoms with Crippen LogP contribution in [0.2, 0.25) is 0 Å². The molecule has 0 atom stereocenters. The van der Waals surface area contributed by atoms with Crippen molar-refractivity contribution in [2.45, 2.75) is 115 Å². The Balaban J connectivity index is -0.000000192. The summed E-state index contributed by atoms with van der Waals surface area (Å²) in [6.45, 7) is 25.9. The van der Waals surface area contributed by atoms with Crippen molar-refractivity contribution in [1.82, 2.24) is 5.32 Å². The van der Waals surface area contributed by atoms with E-state index < -0.39 is 0 Å². The van der Waals surface area contributed by atoms with E-state index in [0.717, 1.165) is 12.8 Å². The maximum Gasteiger partial charge on any atom is 0.308 e. The number of ketones is 2. The average molecular weight is 546 g/mol. The van der Waals surface area contributed by atoms with E-state index in [-0.39, 0.29) is 58.8 Å². The third kappa shape index (κ3) is 31.8. The fraction of sp³-hybridized carbons (Fsp3) is 0.833. The normalized spacial score (nSPS) is 12.0. The molecule has 0 aliphatic heterocycles. The van der Waals surface area contributed by atoms with Gasteiger partial charge in [-0.25, -0.2) is 0 Å². The Labute approximate surface area is 233 Å². The molecule has 0 unspecified atom stereocenters. The SMILES string of the molecule is CC(=O)C(C)C.CC(C)C(=O)C1CC1.CC(C)C(=O)OC(C)(C)C.CNC(=O)C(C)C.COC(=O)C(C)C.